The standard InChI is InChI=1S/C13H18N4O/c1-14-12-5-9-4-10(9)7-17(13(12)18)8-11-6-15-2-3-16-11/h2-3,6,9-10,12,14H,4-5,7-8H2,1H3. The maximum atomic E-state index is 12.4. The van der Waals surface area contributed by atoms with Gasteiger partial charge < -0.3 is 10.2 Å². The van der Waals surface area contributed by atoms with Crippen molar-refractivity contribution < 1.29 is 4.79 Å². The smallest absolute Gasteiger partial charge is 0.240 e. The highest BCUT2D eigenvalue weighted by Crippen LogP contribution is 2.44. The fraction of sp³-hybridized carbons (Fsp3) is 0.615. The van der Waals surface area contributed by atoms with Crippen molar-refractivity contribution in [3.8, 4) is 0 Å². The summed E-state index contributed by atoms with van der Waals surface area (Å²) in [5, 5.41) is 3.14. The average molecular weight is 246 g/mol. The van der Waals surface area contributed by atoms with Crippen LogP contribution in [0, 0.1) is 11.8 Å². The lowest BCUT2D eigenvalue weighted by Crippen LogP contribution is -2.44. The maximum Gasteiger partial charge on any atom is 0.240 e. The van der Waals surface area contributed by atoms with Gasteiger partial charge in [0.05, 0.1) is 24.5 Å². The van der Waals surface area contributed by atoms with Crippen molar-refractivity contribution in [2.45, 2.75) is 25.4 Å². The Labute approximate surface area is 107 Å². The van der Waals surface area contributed by atoms with E-state index < -0.39 is 0 Å². The highest BCUT2D eigenvalue weighted by Gasteiger charge is 2.45. The van der Waals surface area contributed by atoms with Crippen molar-refractivity contribution in [2.75, 3.05) is 13.6 Å². The second-order valence-electron chi connectivity index (χ2n) is 5.25. The molecule has 2 heterocycles. The van der Waals surface area contributed by atoms with Crippen LogP contribution in [-0.4, -0.2) is 40.4 Å². The number of carbonyl (C=O) groups excluding carboxylic acids is 1. The molecule has 3 rings (SSSR count). The van der Waals surface area contributed by atoms with Crippen LogP contribution in [0.4, 0.5) is 0 Å². The third-order valence-electron chi connectivity index (χ3n) is 3.99. The van der Waals surface area contributed by atoms with E-state index in [1.807, 2.05) is 11.9 Å². The van der Waals surface area contributed by atoms with Crippen LogP contribution in [0.25, 0.3) is 0 Å². The van der Waals surface area contributed by atoms with E-state index in [2.05, 4.69) is 15.3 Å². The molecule has 0 bridgehead atoms. The summed E-state index contributed by atoms with van der Waals surface area (Å²) in [5.74, 6) is 1.64. The lowest BCUT2D eigenvalue weighted by molar-refractivity contribution is -0.133. The first-order valence-corrected chi connectivity index (χ1v) is 6.49. The van der Waals surface area contributed by atoms with Gasteiger partial charge in [-0.3, -0.25) is 14.8 Å². The Morgan fingerprint density at radius 1 is 1.39 bits per heavy atom. The minimum absolute atomic E-state index is 0.0285. The molecule has 1 aliphatic heterocycles. The summed E-state index contributed by atoms with van der Waals surface area (Å²) >= 11 is 0. The molecule has 1 aliphatic carbocycles. The molecule has 0 spiro atoms. The molecule has 1 amide bonds. The van der Waals surface area contributed by atoms with Gasteiger partial charge in [-0.15, -0.1) is 0 Å². The third kappa shape index (κ3) is 2.22. The van der Waals surface area contributed by atoms with Gasteiger partial charge in [-0.2, -0.15) is 0 Å². The third-order valence-corrected chi connectivity index (χ3v) is 3.99. The molecule has 96 valence electrons. The van der Waals surface area contributed by atoms with Crippen molar-refractivity contribution >= 4 is 5.91 Å². The largest absolute Gasteiger partial charge is 0.335 e. The van der Waals surface area contributed by atoms with Gasteiger partial charge >= 0.3 is 0 Å². The molecule has 5 nitrogen and oxygen atoms in total. The van der Waals surface area contributed by atoms with Gasteiger partial charge in [0.15, 0.2) is 0 Å². The van der Waals surface area contributed by atoms with E-state index >= 15 is 0 Å². The quantitative estimate of drug-likeness (QED) is 0.840. The SMILES string of the molecule is CNC1CC2CC2CN(Cc2cnccn2)C1=O. The minimum atomic E-state index is -0.0285. The number of likely N-dealkylation sites (N-methyl/N-ethyl adjacent to an activating group) is 1. The van der Waals surface area contributed by atoms with Crippen LogP contribution in [0.2, 0.25) is 0 Å². The molecule has 3 unspecified atom stereocenters. The first kappa shape index (κ1) is 11.6. The van der Waals surface area contributed by atoms with Gasteiger partial charge in [-0.05, 0) is 31.7 Å². The molecule has 1 saturated carbocycles. The first-order valence-electron chi connectivity index (χ1n) is 6.49. The van der Waals surface area contributed by atoms with Gasteiger partial charge in [-0.25, -0.2) is 0 Å². The first-order chi connectivity index (χ1) is 8.78. The lowest BCUT2D eigenvalue weighted by atomic mass is 10.1. The molecule has 1 aromatic heterocycles. The van der Waals surface area contributed by atoms with E-state index in [0.29, 0.717) is 12.5 Å². The Balaban J connectivity index is 1.75. The maximum absolute atomic E-state index is 12.4. The summed E-state index contributed by atoms with van der Waals surface area (Å²) in [5.41, 5.74) is 0.861. The van der Waals surface area contributed by atoms with Crippen LogP contribution in [0.1, 0.15) is 18.5 Å². The number of amides is 1. The monoisotopic (exact) mass is 246 g/mol. The average Bonchev–Trinajstić information content (AvgIpc) is 3.14. The zero-order chi connectivity index (χ0) is 12.5. The Morgan fingerprint density at radius 3 is 3.00 bits per heavy atom. The summed E-state index contributed by atoms with van der Waals surface area (Å²) in [6, 6.07) is -0.0285. The van der Waals surface area contributed by atoms with Crippen molar-refractivity contribution in [1.82, 2.24) is 20.2 Å². The lowest BCUT2D eigenvalue weighted by Gasteiger charge is -2.24. The molecule has 0 radical (unpaired) electrons. The van der Waals surface area contributed by atoms with Crippen molar-refractivity contribution in [2.24, 2.45) is 11.8 Å². The number of hydrogen-bond acceptors (Lipinski definition) is 4. The van der Waals surface area contributed by atoms with Crippen LogP contribution in [-0.2, 0) is 11.3 Å². The van der Waals surface area contributed by atoms with Gasteiger partial charge in [-0.1, -0.05) is 0 Å². The molecule has 5 heteroatoms. The Kier molecular flexibility index (Phi) is 2.99. The molecule has 3 atom stereocenters. The second kappa shape index (κ2) is 4.65. The summed E-state index contributed by atoms with van der Waals surface area (Å²) in [6.07, 6.45) is 7.31. The summed E-state index contributed by atoms with van der Waals surface area (Å²) in [4.78, 5) is 22.6. The summed E-state index contributed by atoms with van der Waals surface area (Å²) in [6.45, 7) is 1.45. The number of rotatable bonds is 3. The molecule has 1 N–H and O–H groups in total. The fourth-order valence-electron chi connectivity index (χ4n) is 2.81. The molecule has 1 saturated heterocycles. The van der Waals surface area contributed by atoms with E-state index in [1.165, 1.54) is 6.42 Å². The Morgan fingerprint density at radius 2 is 2.28 bits per heavy atom. The highest BCUT2D eigenvalue weighted by atomic mass is 16.2. The zero-order valence-corrected chi connectivity index (χ0v) is 10.5. The van der Waals surface area contributed by atoms with Gasteiger partial charge in [0.25, 0.3) is 0 Å². The fourth-order valence-corrected chi connectivity index (χ4v) is 2.81. The van der Waals surface area contributed by atoms with Gasteiger partial charge in [0.2, 0.25) is 5.91 Å². The minimum Gasteiger partial charge on any atom is -0.335 e. The topological polar surface area (TPSA) is 58.1 Å². The van der Waals surface area contributed by atoms with Crippen LogP contribution in [0.3, 0.4) is 0 Å². The molecule has 1 aromatic rings. The number of nitrogens with zero attached hydrogens (tertiary/aromatic N) is 3. The number of hydrogen-bond donors (Lipinski definition) is 1. The predicted octanol–water partition coefficient (Wildman–Crippen LogP) is 0.433. The predicted molar refractivity (Wildman–Crippen MR) is 66.5 cm³/mol. The molecule has 2 aliphatic rings. The van der Waals surface area contributed by atoms with Crippen molar-refractivity contribution in [3.05, 3.63) is 24.3 Å². The number of likely N-dealkylation sites (tertiary alicyclic amines) is 1. The summed E-state index contributed by atoms with van der Waals surface area (Å²) < 4.78 is 0. The van der Waals surface area contributed by atoms with E-state index in [1.54, 1.807) is 18.6 Å². The Hall–Kier alpha value is -1.49. The van der Waals surface area contributed by atoms with E-state index in [4.69, 9.17) is 0 Å². The molecule has 18 heavy (non-hydrogen) atoms. The van der Waals surface area contributed by atoms with Gasteiger partial charge in [0.1, 0.15) is 0 Å². The molecule has 2 fully saturated rings. The van der Waals surface area contributed by atoms with Crippen LogP contribution in [0.15, 0.2) is 18.6 Å². The van der Waals surface area contributed by atoms with Crippen LogP contribution in [0.5, 0.6) is 0 Å². The molecular weight excluding hydrogens is 228 g/mol. The van der Waals surface area contributed by atoms with E-state index in [0.717, 1.165) is 24.6 Å². The second-order valence-corrected chi connectivity index (χ2v) is 5.25. The van der Waals surface area contributed by atoms with Crippen LogP contribution < -0.4 is 5.32 Å². The molecular formula is C13H18N4O. The van der Waals surface area contributed by atoms with Crippen molar-refractivity contribution in [1.29, 1.82) is 0 Å². The number of aromatic nitrogens is 2. The number of nitrogens with one attached hydrogen (secondary N) is 1. The number of carbonyl (C=O) groups is 1. The summed E-state index contributed by atoms with van der Waals surface area (Å²) in [7, 11) is 1.87. The number of fused-ring (bicyclic) bond motifs is 1. The van der Waals surface area contributed by atoms with Gasteiger partial charge in [0, 0.05) is 18.9 Å². The van der Waals surface area contributed by atoms with Crippen molar-refractivity contribution in [3.63, 3.8) is 0 Å². The zero-order valence-electron chi connectivity index (χ0n) is 10.5. The normalized spacial score (nSPS) is 30.8. The van der Waals surface area contributed by atoms with Crippen LogP contribution >= 0.6 is 0 Å². The van der Waals surface area contributed by atoms with E-state index in [9.17, 15) is 4.79 Å². The Bertz CT molecular complexity index is 436. The molecule has 0 aromatic carbocycles. The highest BCUT2D eigenvalue weighted by molar-refractivity contribution is 5.82. The van der Waals surface area contributed by atoms with E-state index in [-0.39, 0.29) is 11.9 Å².